The summed E-state index contributed by atoms with van der Waals surface area (Å²) in [6.45, 7) is 11.4. The first-order chi connectivity index (χ1) is 10.5. The largest absolute Gasteiger partial charge is 0.297 e. The minimum Gasteiger partial charge on any atom is -0.297 e. The third-order valence-electron chi connectivity index (χ3n) is 4.42. The summed E-state index contributed by atoms with van der Waals surface area (Å²) >= 11 is 0. The van der Waals surface area contributed by atoms with Gasteiger partial charge in [0.15, 0.2) is 0 Å². The number of hydrogen-bond donors (Lipinski definition) is 0. The predicted molar refractivity (Wildman–Crippen MR) is 90.9 cm³/mol. The Morgan fingerprint density at radius 2 is 2.14 bits per heavy atom. The summed E-state index contributed by atoms with van der Waals surface area (Å²) in [7, 11) is 0. The summed E-state index contributed by atoms with van der Waals surface area (Å²) in [6, 6.07) is 5.84. The van der Waals surface area contributed by atoms with E-state index in [9.17, 15) is 4.79 Å². The average molecular weight is 301 g/mol. The molecular formula is C18H27N3O. The van der Waals surface area contributed by atoms with Gasteiger partial charge in [-0.05, 0) is 39.3 Å². The maximum atomic E-state index is 12.4. The lowest BCUT2D eigenvalue weighted by atomic mass is 10.0. The molecule has 0 spiro atoms. The van der Waals surface area contributed by atoms with E-state index in [0.29, 0.717) is 6.42 Å². The molecule has 1 amide bonds. The molecule has 2 rings (SSSR count). The highest BCUT2D eigenvalue weighted by molar-refractivity contribution is 5.92. The second kappa shape index (κ2) is 7.54. The third-order valence-corrected chi connectivity index (χ3v) is 4.42. The Bertz CT molecular complexity index is 539. The zero-order valence-corrected chi connectivity index (χ0v) is 14.2. The summed E-state index contributed by atoms with van der Waals surface area (Å²) in [6.07, 6.45) is 3.37. The number of anilines is 1. The Kier molecular flexibility index (Phi) is 5.72. The van der Waals surface area contributed by atoms with Crippen LogP contribution in [0.5, 0.6) is 0 Å². The second-order valence-electron chi connectivity index (χ2n) is 6.20. The van der Waals surface area contributed by atoms with Crippen LogP contribution in [0, 0.1) is 0 Å². The first-order valence-corrected chi connectivity index (χ1v) is 8.13. The number of carbonyl (C=O) groups excluding carboxylic acids is 1. The molecule has 0 saturated heterocycles. The highest BCUT2D eigenvalue weighted by Crippen LogP contribution is 2.20. The quantitative estimate of drug-likeness (QED) is 0.783. The van der Waals surface area contributed by atoms with Crippen molar-refractivity contribution in [1.29, 1.82) is 0 Å². The van der Waals surface area contributed by atoms with Gasteiger partial charge < -0.3 is 0 Å². The number of pyridine rings is 1. The van der Waals surface area contributed by atoms with E-state index in [0.717, 1.165) is 31.9 Å². The standard InChI is InChI=1S/C18H27N3O/c1-5-18(22)21(17-8-6-7-10-19-17)16(4)13-20-11-9-14(2)15(3)12-20/h6-8,10,16H,5,9,11-13H2,1-4H3. The van der Waals surface area contributed by atoms with Crippen molar-refractivity contribution in [2.45, 2.75) is 46.6 Å². The van der Waals surface area contributed by atoms with Crippen LogP contribution in [0.3, 0.4) is 0 Å². The van der Waals surface area contributed by atoms with E-state index in [-0.39, 0.29) is 11.9 Å². The fourth-order valence-corrected chi connectivity index (χ4v) is 2.97. The van der Waals surface area contributed by atoms with Gasteiger partial charge in [0.05, 0.1) is 0 Å². The SMILES string of the molecule is CCC(=O)N(c1ccccn1)C(C)CN1CCC(C)=C(C)C1. The Hall–Kier alpha value is -1.68. The molecule has 1 aliphatic rings. The zero-order chi connectivity index (χ0) is 16.1. The lowest BCUT2D eigenvalue weighted by Gasteiger charge is -2.35. The maximum absolute atomic E-state index is 12.4. The van der Waals surface area contributed by atoms with E-state index in [4.69, 9.17) is 0 Å². The molecule has 1 aromatic rings. The van der Waals surface area contributed by atoms with Gasteiger partial charge in [0.2, 0.25) is 5.91 Å². The summed E-state index contributed by atoms with van der Waals surface area (Å²) in [4.78, 5) is 21.0. The fraction of sp³-hybridized carbons (Fsp3) is 0.556. The summed E-state index contributed by atoms with van der Waals surface area (Å²) < 4.78 is 0. The molecule has 0 aromatic carbocycles. The van der Waals surface area contributed by atoms with Gasteiger partial charge in [-0.2, -0.15) is 0 Å². The first kappa shape index (κ1) is 16.7. The van der Waals surface area contributed by atoms with Gasteiger partial charge in [-0.15, -0.1) is 0 Å². The van der Waals surface area contributed by atoms with Crippen molar-refractivity contribution in [3.8, 4) is 0 Å². The van der Waals surface area contributed by atoms with Crippen LogP contribution in [0.4, 0.5) is 5.82 Å². The van der Waals surface area contributed by atoms with Crippen LogP contribution in [0.2, 0.25) is 0 Å². The first-order valence-electron chi connectivity index (χ1n) is 8.13. The molecule has 1 unspecified atom stereocenters. The molecule has 2 heterocycles. The fourth-order valence-electron chi connectivity index (χ4n) is 2.97. The number of nitrogens with zero attached hydrogens (tertiary/aromatic N) is 3. The molecule has 0 radical (unpaired) electrons. The Balaban J connectivity index is 2.10. The monoisotopic (exact) mass is 301 g/mol. The summed E-state index contributed by atoms with van der Waals surface area (Å²) in [5.74, 6) is 0.883. The van der Waals surface area contributed by atoms with E-state index < -0.39 is 0 Å². The molecular weight excluding hydrogens is 274 g/mol. The molecule has 0 bridgehead atoms. The van der Waals surface area contributed by atoms with E-state index in [1.165, 1.54) is 11.1 Å². The van der Waals surface area contributed by atoms with Crippen LogP contribution < -0.4 is 4.90 Å². The molecule has 1 atom stereocenters. The number of carbonyl (C=O) groups is 1. The smallest absolute Gasteiger partial charge is 0.228 e. The number of hydrogen-bond acceptors (Lipinski definition) is 3. The van der Waals surface area contributed by atoms with Gasteiger partial charge in [0.25, 0.3) is 0 Å². The van der Waals surface area contributed by atoms with Crippen molar-refractivity contribution in [2.75, 3.05) is 24.5 Å². The molecule has 0 fully saturated rings. The normalized spacial score (nSPS) is 17.5. The lowest BCUT2D eigenvalue weighted by Crippen LogP contribution is -2.47. The zero-order valence-electron chi connectivity index (χ0n) is 14.2. The number of rotatable bonds is 5. The Morgan fingerprint density at radius 3 is 2.73 bits per heavy atom. The number of amides is 1. The summed E-state index contributed by atoms with van der Waals surface area (Å²) in [5.41, 5.74) is 2.97. The van der Waals surface area contributed by atoms with Crippen LogP contribution in [0.1, 0.15) is 40.5 Å². The summed E-state index contributed by atoms with van der Waals surface area (Å²) in [5, 5.41) is 0. The van der Waals surface area contributed by atoms with Gasteiger partial charge in [-0.1, -0.05) is 24.1 Å². The van der Waals surface area contributed by atoms with E-state index in [1.54, 1.807) is 6.20 Å². The van der Waals surface area contributed by atoms with Crippen LogP contribution >= 0.6 is 0 Å². The van der Waals surface area contributed by atoms with Gasteiger partial charge >= 0.3 is 0 Å². The lowest BCUT2D eigenvalue weighted by molar-refractivity contribution is -0.118. The Morgan fingerprint density at radius 1 is 1.36 bits per heavy atom. The van der Waals surface area contributed by atoms with Crippen LogP contribution in [0.25, 0.3) is 0 Å². The molecule has 0 aliphatic carbocycles. The van der Waals surface area contributed by atoms with E-state index >= 15 is 0 Å². The van der Waals surface area contributed by atoms with E-state index in [1.807, 2.05) is 30.0 Å². The molecule has 0 saturated carbocycles. The molecule has 1 aromatic heterocycles. The van der Waals surface area contributed by atoms with Crippen molar-refractivity contribution in [3.05, 3.63) is 35.5 Å². The van der Waals surface area contributed by atoms with Crippen LogP contribution in [-0.4, -0.2) is 41.5 Å². The van der Waals surface area contributed by atoms with Crippen molar-refractivity contribution >= 4 is 11.7 Å². The highest BCUT2D eigenvalue weighted by Gasteiger charge is 2.24. The van der Waals surface area contributed by atoms with Crippen LogP contribution in [0.15, 0.2) is 35.5 Å². The van der Waals surface area contributed by atoms with Gasteiger partial charge in [0.1, 0.15) is 5.82 Å². The van der Waals surface area contributed by atoms with E-state index in [2.05, 4.69) is 30.7 Å². The van der Waals surface area contributed by atoms with Gasteiger partial charge in [0, 0.05) is 38.3 Å². The topological polar surface area (TPSA) is 36.4 Å². The molecule has 4 heteroatoms. The van der Waals surface area contributed by atoms with Crippen molar-refractivity contribution in [2.24, 2.45) is 0 Å². The Labute approximate surface area is 133 Å². The van der Waals surface area contributed by atoms with Crippen molar-refractivity contribution in [1.82, 2.24) is 9.88 Å². The maximum Gasteiger partial charge on any atom is 0.228 e. The van der Waals surface area contributed by atoms with Gasteiger partial charge in [-0.25, -0.2) is 4.98 Å². The molecule has 0 N–H and O–H groups in total. The van der Waals surface area contributed by atoms with Crippen molar-refractivity contribution in [3.63, 3.8) is 0 Å². The third kappa shape index (κ3) is 3.95. The predicted octanol–water partition coefficient (Wildman–Crippen LogP) is 3.26. The molecule has 120 valence electrons. The number of aromatic nitrogens is 1. The second-order valence-corrected chi connectivity index (χ2v) is 6.20. The minimum absolute atomic E-state index is 0.119. The molecule has 4 nitrogen and oxygen atoms in total. The van der Waals surface area contributed by atoms with Crippen LogP contribution in [-0.2, 0) is 4.79 Å². The minimum atomic E-state index is 0.119. The molecule has 22 heavy (non-hydrogen) atoms. The highest BCUT2D eigenvalue weighted by atomic mass is 16.2. The average Bonchev–Trinajstić information content (AvgIpc) is 2.52. The van der Waals surface area contributed by atoms with Crippen molar-refractivity contribution < 1.29 is 4.79 Å². The van der Waals surface area contributed by atoms with Gasteiger partial charge in [-0.3, -0.25) is 14.6 Å². The molecule has 1 aliphatic heterocycles.